The summed E-state index contributed by atoms with van der Waals surface area (Å²) >= 11 is 0. The molecular formula is C14H21N3O. The van der Waals surface area contributed by atoms with Crippen molar-refractivity contribution in [2.45, 2.75) is 32.2 Å². The van der Waals surface area contributed by atoms with E-state index in [0.717, 1.165) is 19.5 Å². The number of rotatable bonds is 5. The van der Waals surface area contributed by atoms with Gasteiger partial charge in [0.1, 0.15) is 0 Å². The summed E-state index contributed by atoms with van der Waals surface area (Å²) in [7, 11) is 0. The topological polar surface area (TPSA) is 45.2 Å². The molecule has 0 aliphatic carbocycles. The number of amides is 1. The third kappa shape index (κ3) is 4.11. The molecule has 1 aliphatic heterocycles. The van der Waals surface area contributed by atoms with Crippen molar-refractivity contribution in [2.75, 3.05) is 19.6 Å². The van der Waals surface area contributed by atoms with Gasteiger partial charge in [-0.3, -0.25) is 14.7 Å². The minimum absolute atomic E-state index is 0.137. The lowest BCUT2D eigenvalue weighted by atomic mass is 10.1. The Labute approximate surface area is 108 Å². The van der Waals surface area contributed by atoms with E-state index in [1.807, 2.05) is 19.1 Å². The van der Waals surface area contributed by atoms with E-state index in [0.29, 0.717) is 6.54 Å². The van der Waals surface area contributed by atoms with Crippen LogP contribution >= 0.6 is 0 Å². The van der Waals surface area contributed by atoms with Gasteiger partial charge in [-0.15, -0.1) is 0 Å². The zero-order chi connectivity index (χ0) is 12.8. The fourth-order valence-corrected chi connectivity index (χ4v) is 2.39. The average molecular weight is 247 g/mol. The van der Waals surface area contributed by atoms with E-state index in [4.69, 9.17) is 0 Å². The first kappa shape index (κ1) is 13.0. The fraction of sp³-hybridized carbons (Fsp3) is 0.571. The highest BCUT2D eigenvalue weighted by molar-refractivity contribution is 5.78. The van der Waals surface area contributed by atoms with Crippen LogP contribution in [-0.2, 0) is 11.2 Å². The Morgan fingerprint density at radius 1 is 1.39 bits per heavy atom. The van der Waals surface area contributed by atoms with Crippen LogP contribution in [0.25, 0.3) is 0 Å². The Morgan fingerprint density at radius 3 is 2.72 bits per heavy atom. The van der Waals surface area contributed by atoms with Gasteiger partial charge in [-0.05, 0) is 57.0 Å². The summed E-state index contributed by atoms with van der Waals surface area (Å²) in [5.74, 6) is 0.137. The van der Waals surface area contributed by atoms with Crippen LogP contribution in [-0.4, -0.2) is 41.5 Å². The monoisotopic (exact) mass is 247 g/mol. The molecule has 0 aromatic carbocycles. The Hall–Kier alpha value is -1.42. The van der Waals surface area contributed by atoms with Crippen LogP contribution in [0.4, 0.5) is 0 Å². The van der Waals surface area contributed by atoms with E-state index < -0.39 is 0 Å². The van der Waals surface area contributed by atoms with Crippen molar-refractivity contribution in [3.63, 3.8) is 0 Å². The minimum Gasteiger partial charge on any atom is -0.352 e. The molecule has 2 heterocycles. The van der Waals surface area contributed by atoms with Gasteiger partial charge in [-0.25, -0.2) is 0 Å². The van der Waals surface area contributed by atoms with Crippen LogP contribution in [0.5, 0.6) is 0 Å². The van der Waals surface area contributed by atoms with Gasteiger partial charge in [-0.1, -0.05) is 0 Å². The second-order valence-electron chi connectivity index (χ2n) is 5.01. The van der Waals surface area contributed by atoms with Gasteiger partial charge in [0.25, 0.3) is 0 Å². The van der Waals surface area contributed by atoms with E-state index in [1.165, 1.54) is 18.4 Å². The molecule has 1 amide bonds. The molecule has 0 bridgehead atoms. The summed E-state index contributed by atoms with van der Waals surface area (Å²) in [6, 6.07) is 4.15. The number of likely N-dealkylation sites (tertiary alicyclic amines) is 1. The molecule has 98 valence electrons. The molecule has 2 rings (SSSR count). The second kappa shape index (κ2) is 6.50. The average Bonchev–Trinajstić information content (AvgIpc) is 2.82. The van der Waals surface area contributed by atoms with Crippen molar-refractivity contribution < 1.29 is 4.79 Å². The molecular weight excluding hydrogens is 226 g/mol. The predicted molar refractivity (Wildman–Crippen MR) is 71.2 cm³/mol. The number of pyridine rings is 1. The van der Waals surface area contributed by atoms with Crippen molar-refractivity contribution >= 4 is 5.91 Å². The number of carbonyl (C=O) groups excluding carboxylic acids is 1. The van der Waals surface area contributed by atoms with Gasteiger partial charge >= 0.3 is 0 Å². The van der Waals surface area contributed by atoms with Crippen LogP contribution < -0.4 is 5.32 Å². The molecule has 1 aromatic heterocycles. The first-order chi connectivity index (χ1) is 8.74. The number of carbonyl (C=O) groups is 1. The molecule has 18 heavy (non-hydrogen) atoms. The van der Waals surface area contributed by atoms with Gasteiger partial charge in [-0.2, -0.15) is 0 Å². The zero-order valence-electron chi connectivity index (χ0n) is 10.9. The van der Waals surface area contributed by atoms with Gasteiger partial charge in [0.15, 0.2) is 0 Å². The molecule has 1 aliphatic rings. The highest BCUT2D eigenvalue weighted by Crippen LogP contribution is 2.06. The largest absolute Gasteiger partial charge is 0.352 e. The first-order valence-electron chi connectivity index (χ1n) is 6.64. The number of aromatic nitrogens is 1. The normalized spacial score (nSPS) is 17.6. The van der Waals surface area contributed by atoms with Crippen LogP contribution in [0, 0.1) is 0 Å². The number of nitrogens with zero attached hydrogens (tertiary/aromatic N) is 2. The zero-order valence-corrected chi connectivity index (χ0v) is 10.9. The number of nitrogens with one attached hydrogen (secondary N) is 1. The van der Waals surface area contributed by atoms with Crippen LogP contribution in [0.2, 0.25) is 0 Å². The smallest absolute Gasteiger partial charge is 0.234 e. The van der Waals surface area contributed by atoms with Crippen molar-refractivity contribution in [2.24, 2.45) is 0 Å². The lowest BCUT2D eigenvalue weighted by Crippen LogP contribution is -2.40. The molecule has 0 spiro atoms. The second-order valence-corrected chi connectivity index (χ2v) is 5.01. The number of hydrogen-bond acceptors (Lipinski definition) is 3. The van der Waals surface area contributed by atoms with Crippen LogP contribution in [0.3, 0.4) is 0 Å². The minimum atomic E-state index is 0.137. The van der Waals surface area contributed by atoms with Gasteiger partial charge < -0.3 is 5.32 Å². The van der Waals surface area contributed by atoms with Gasteiger partial charge in [0.05, 0.1) is 6.54 Å². The van der Waals surface area contributed by atoms with Crippen LogP contribution in [0.1, 0.15) is 25.3 Å². The molecule has 1 aromatic rings. The predicted octanol–water partition coefficient (Wildman–Crippen LogP) is 1.22. The van der Waals surface area contributed by atoms with Gasteiger partial charge in [0, 0.05) is 18.4 Å². The molecule has 1 atom stereocenters. The summed E-state index contributed by atoms with van der Waals surface area (Å²) in [4.78, 5) is 18.0. The third-order valence-electron chi connectivity index (χ3n) is 3.26. The highest BCUT2D eigenvalue weighted by atomic mass is 16.2. The van der Waals surface area contributed by atoms with Crippen molar-refractivity contribution in [3.8, 4) is 0 Å². The fourth-order valence-electron chi connectivity index (χ4n) is 2.39. The summed E-state index contributed by atoms with van der Waals surface area (Å²) in [5.41, 5.74) is 1.21. The molecule has 1 saturated heterocycles. The molecule has 4 nitrogen and oxygen atoms in total. The Kier molecular flexibility index (Phi) is 4.70. The maximum absolute atomic E-state index is 11.8. The van der Waals surface area contributed by atoms with E-state index in [-0.39, 0.29) is 11.9 Å². The van der Waals surface area contributed by atoms with E-state index in [1.54, 1.807) is 12.4 Å². The summed E-state index contributed by atoms with van der Waals surface area (Å²) in [6.45, 7) is 4.71. The SMILES string of the molecule is C[C@H](Cc1ccncc1)NC(=O)CN1CCCC1. The lowest BCUT2D eigenvalue weighted by Gasteiger charge is -2.18. The Morgan fingerprint density at radius 2 is 2.06 bits per heavy atom. The van der Waals surface area contributed by atoms with Crippen molar-refractivity contribution in [1.82, 2.24) is 15.2 Å². The van der Waals surface area contributed by atoms with Crippen molar-refractivity contribution in [3.05, 3.63) is 30.1 Å². The highest BCUT2D eigenvalue weighted by Gasteiger charge is 2.16. The Balaban J connectivity index is 1.73. The van der Waals surface area contributed by atoms with Crippen LogP contribution in [0.15, 0.2) is 24.5 Å². The summed E-state index contributed by atoms with van der Waals surface area (Å²) in [5, 5.41) is 3.05. The Bertz CT molecular complexity index is 374. The summed E-state index contributed by atoms with van der Waals surface area (Å²) in [6.07, 6.45) is 6.87. The van der Waals surface area contributed by atoms with Crippen molar-refractivity contribution in [1.29, 1.82) is 0 Å². The quantitative estimate of drug-likeness (QED) is 0.851. The van der Waals surface area contributed by atoms with Gasteiger partial charge in [0.2, 0.25) is 5.91 Å². The maximum atomic E-state index is 11.8. The third-order valence-corrected chi connectivity index (χ3v) is 3.26. The molecule has 0 unspecified atom stereocenters. The molecule has 1 fully saturated rings. The maximum Gasteiger partial charge on any atom is 0.234 e. The standard InChI is InChI=1S/C14H21N3O/c1-12(10-13-4-6-15-7-5-13)16-14(18)11-17-8-2-3-9-17/h4-7,12H,2-3,8-11H2,1H3,(H,16,18)/t12-/m1/s1. The van der Waals surface area contributed by atoms with E-state index in [9.17, 15) is 4.79 Å². The lowest BCUT2D eigenvalue weighted by molar-refractivity contribution is -0.122. The number of hydrogen-bond donors (Lipinski definition) is 1. The molecule has 0 radical (unpaired) electrons. The molecule has 0 saturated carbocycles. The summed E-state index contributed by atoms with van der Waals surface area (Å²) < 4.78 is 0. The molecule has 1 N–H and O–H groups in total. The van der Waals surface area contributed by atoms with E-state index in [2.05, 4.69) is 15.2 Å². The first-order valence-corrected chi connectivity index (χ1v) is 6.64. The molecule has 4 heteroatoms. The van der Waals surface area contributed by atoms with E-state index >= 15 is 0 Å².